The van der Waals surface area contributed by atoms with Crippen molar-refractivity contribution in [3.63, 3.8) is 0 Å². The monoisotopic (exact) mass is 527 g/mol. The Morgan fingerprint density at radius 1 is 0.400 bits per heavy atom. The average Bonchev–Trinajstić information content (AvgIpc) is 3.41. The molecule has 40 heavy (non-hydrogen) atoms. The maximum absolute atomic E-state index is 2.49. The lowest BCUT2D eigenvalue weighted by atomic mass is 9.97. The molecule has 0 spiro atoms. The predicted molar refractivity (Wildman–Crippen MR) is 174 cm³/mol. The molecule has 1 nitrogen and oxygen atoms in total. The number of hydrogen-bond acceptors (Lipinski definition) is 2. The highest BCUT2D eigenvalue weighted by Crippen LogP contribution is 2.49. The zero-order valence-corrected chi connectivity index (χ0v) is 22.6. The summed E-state index contributed by atoms with van der Waals surface area (Å²) in [6.07, 6.45) is 0. The number of benzene rings is 7. The Kier molecular flexibility index (Phi) is 5.39. The molecule has 1 heterocycles. The second kappa shape index (κ2) is 9.37. The van der Waals surface area contributed by atoms with Gasteiger partial charge in [0.25, 0.3) is 0 Å². The maximum Gasteiger partial charge on any atom is 0.0640 e. The van der Waals surface area contributed by atoms with E-state index in [-0.39, 0.29) is 0 Å². The molecule has 8 rings (SSSR count). The molecule has 0 aliphatic rings. The molecule has 1 aromatic heterocycles. The summed E-state index contributed by atoms with van der Waals surface area (Å²) in [5, 5.41) is 7.62. The van der Waals surface area contributed by atoms with Gasteiger partial charge in [-0.25, -0.2) is 0 Å². The molecule has 0 saturated heterocycles. The topological polar surface area (TPSA) is 3.24 Å². The summed E-state index contributed by atoms with van der Waals surface area (Å²) in [5.41, 5.74) is 5.96. The van der Waals surface area contributed by atoms with Gasteiger partial charge in [-0.1, -0.05) is 127 Å². The highest BCUT2D eigenvalue weighted by molar-refractivity contribution is 7.26. The minimum Gasteiger partial charge on any atom is -0.308 e. The third-order valence-electron chi connectivity index (χ3n) is 7.84. The molecule has 8 aromatic rings. The van der Waals surface area contributed by atoms with Crippen molar-refractivity contribution in [3.8, 4) is 11.1 Å². The van der Waals surface area contributed by atoms with Crippen molar-refractivity contribution >= 4 is 70.1 Å². The van der Waals surface area contributed by atoms with Crippen molar-refractivity contribution in [1.29, 1.82) is 0 Å². The molecule has 0 aliphatic carbocycles. The standard InChI is InChI=1S/C38H25NS/c1-2-13-26(14-3-1)29-17-8-10-22-34(29)39(35-23-12-21-33-32-20-9-11-24-37(32)40-38(33)35)36-25-27-15-4-5-16-28(27)30-18-6-7-19-31(30)36/h1-25H. The van der Waals surface area contributed by atoms with E-state index in [2.05, 4.69) is 157 Å². The highest BCUT2D eigenvalue weighted by atomic mass is 32.1. The van der Waals surface area contributed by atoms with Crippen LogP contribution >= 0.6 is 11.3 Å². The van der Waals surface area contributed by atoms with E-state index < -0.39 is 0 Å². The summed E-state index contributed by atoms with van der Waals surface area (Å²) in [5.74, 6) is 0. The number of anilines is 3. The van der Waals surface area contributed by atoms with Crippen LogP contribution in [0.5, 0.6) is 0 Å². The van der Waals surface area contributed by atoms with Gasteiger partial charge in [-0.3, -0.25) is 0 Å². The normalized spacial score (nSPS) is 11.5. The lowest BCUT2D eigenvalue weighted by Gasteiger charge is -2.30. The molecular formula is C38H25NS. The minimum absolute atomic E-state index is 1.17. The van der Waals surface area contributed by atoms with Crippen molar-refractivity contribution < 1.29 is 0 Å². The van der Waals surface area contributed by atoms with E-state index in [4.69, 9.17) is 0 Å². The first kappa shape index (κ1) is 23.0. The summed E-state index contributed by atoms with van der Waals surface area (Å²) < 4.78 is 2.61. The van der Waals surface area contributed by atoms with Gasteiger partial charge >= 0.3 is 0 Å². The highest BCUT2D eigenvalue weighted by Gasteiger charge is 2.23. The molecule has 0 unspecified atom stereocenters. The van der Waals surface area contributed by atoms with Crippen LogP contribution in [-0.4, -0.2) is 0 Å². The van der Waals surface area contributed by atoms with Crippen LogP contribution in [0, 0.1) is 0 Å². The first-order valence-corrected chi connectivity index (χ1v) is 14.4. The Hall–Kier alpha value is -4.92. The Morgan fingerprint density at radius 3 is 1.90 bits per heavy atom. The van der Waals surface area contributed by atoms with E-state index in [0.717, 1.165) is 0 Å². The number of thiophene rings is 1. The maximum atomic E-state index is 2.49. The molecule has 0 radical (unpaired) electrons. The third kappa shape index (κ3) is 3.61. The van der Waals surface area contributed by atoms with Gasteiger partial charge in [0.05, 0.1) is 21.8 Å². The molecule has 0 saturated carbocycles. The fraction of sp³-hybridized carbons (Fsp3) is 0. The van der Waals surface area contributed by atoms with Crippen LogP contribution in [0.1, 0.15) is 0 Å². The third-order valence-corrected chi connectivity index (χ3v) is 9.05. The summed E-state index contributed by atoms with van der Waals surface area (Å²) >= 11 is 1.87. The molecule has 0 N–H and O–H groups in total. The largest absolute Gasteiger partial charge is 0.308 e. The van der Waals surface area contributed by atoms with Crippen molar-refractivity contribution in [2.75, 3.05) is 4.90 Å². The number of fused-ring (bicyclic) bond motifs is 6. The molecule has 2 heteroatoms. The quantitative estimate of drug-likeness (QED) is 0.206. The average molecular weight is 528 g/mol. The number of para-hydroxylation sites is 1. The molecule has 0 amide bonds. The van der Waals surface area contributed by atoms with Gasteiger partial charge in [-0.15, -0.1) is 11.3 Å². The lowest BCUT2D eigenvalue weighted by Crippen LogP contribution is -2.12. The van der Waals surface area contributed by atoms with Crippen LogP contribution in [0.4, 0.5) is 17.1 Å². The smallest absolute Gasteiger partial charge is 0.0640 e. The number of nitrogens with zero attached hydrogens (tertiary/aromatic N) is 1. The second-order valence-electron chi connectivity index (χ2n) is 10.1. The van der Waals surface area contributed by atoms with E-state index in [9.17, 15) is 0 Å². The number of rotatable bonds is 4. The Labute approximate surface area is 237 Å². The van der Waals surface area contributed by atoms with Gasteiger partial charge in [-0.2, -0.15) is 0 Å². The molecule has 188 valence electrons. The first-order chi connectivity index (χ1) is 19.9. The van der Waals surface area contributed by atoms with Crippen LogP contribution < -0.4 is 4.90 Å². The van der Waals surface area contributed by atoms with Crippen molar-refractivity contribution in [3.05, 3.63) is 152 Å². The first-order valence-electron chi connectivity index (χ1n) is 13.6. The summed E-state index contributed by atoms with van der Waals surface area (Å²) in [4.78, 5) is 2.49. The summed E-state index contributed by atoms with van der Waals surface area (Å²) in [6.45, 7) is 0. The zero-order valence-electron chi connectivity index (χ0n) is 21.8. The van der Waals surface area contributed by atoms with E-state index in [1.807, 2.05) is 11.3 Å². The van der Waals surface area contributed by atoms with E-state index in [1.165, 1.54) is 69.9 Å². The Morgan fingerprint density at radius 2 is 1.02 bits per heavy atom. The van der Waals surface area contributed by atoms with E-state index >= 15 is 0 Å². The van der Waals surface area contributed by atoms with Gasteiger partial charge in [0.15, 0.2) is 0 Å². The fourth-order valence-corrected chi connectivity index (χ4v) is 7.25. The Bertz CT molecular complexity index is 2170. The lowest BCUT2D eigenvalue weighted by molar-refractivity contribution is 1.32. The van der Waals surface area contributed by atoms with Crippen LogP contribution in [0.3, 0.4) is 0 Å². The van der Waals surface area contributed by atoms with Gasteiger partial charge < -0.3 is 4.90 Å². The van der Waals surface area contributed by atoms with Crippen molar-refractivity contribution in [2.24, 2.45) is 0 Å². The molecule has 7 aromatic carbocycles. The van der Waals surface area contributed by atoms with Gasteiger partial charge in [0, 0.05) is 26.4 Å². The zero-order chi connectivity index (χ0) is 26.5. The van der Waals surface area contributed by atoms with Gasteiger partial charge in [-0.05, 0) is 46.0 Å². The fourth-order valence-electron chi connectivity index (χ4n) is 6.05. The summed E-state index contributed by atoms with van der Waals surface area (Å²) in [7, 11) is 0. The molecule has 0 aliphatic heterocycles. The van der Waals surface area contributed by atoms with Crippen LogP contribution in [0.15, 0.2) is 152 Å². The Balaban J connectivity index is 1.52. The molecule has 0 fully saturated rings. The van der Waals surface area contributed by atoms with Crippen LogP contribution in [0.25, 0.3) is 52.8 Å². The van der Waals surface area contributed by atoms with Crippen molar-refractivity contribution in [2.45, 2.75) is 0 Å². The van der Waals surface area contributed by atoms with Crippen LogP contribution in [-0.2, 0) is 0 Å². The predicted octanol–water partition coefficient (Wildman–Crippen LogP) is 11.5. The van der Waals surface area contributed by atoms with Gasteiger partial charge in [0.2, 0.25) is 0 Å². The van der Waals surface area contributed by atoms with E-state index in [1.54, 1.807) is 0 Å². The molecular weight excluding hydrogens is 502 g/mol. The molecule has 0 bridgehead atoms. The second-order valence-corrected chi connectivity index (χ2v) is 11.2. The minimum atomic E-state index is 1.17. The molecule has 0 atom stereocenters. The number of hydrogen-bond donors (Lipinski definition) is 0. The summed E-state index contributed by atoms with van der Waals surface area (Å²) in [6, 6.07) is 54.9. The van der Waals surface area contributed by atoms with Crippen LogP contribution in [0.2, 0.25) is 0 Å². The van der Waals surface area contributed by atoms with Crippen molar-refractivity contribution in [1.82, 2.24) is 0 Å². The van der Waals surface area contributed by atoms with E-state index in [0.29, 0.717) is 0 Å². The SMILES string of the molecule is c1ccc(-c2ccccc2N(c2cc3ccccc3c3ccccc23)c2cccc3c2sc2ccccc23)cc1. The van der Waals surface area contributed by atoms with Gasteiger partial charge in [0.1, 0.15) is 0 Å².